The SMILES string of the molecule is COc1cc(C(=O)O)cc(OC)c1NC(=O)CCN1C(=O)/C(=C/c2cc(OC)c(OC)c(-c3cc(Cl)ccc3Cl)c2)SC1=S. The van der Waals surface area contributed by atoms with Crippen LogP contribution in [0.5, 0.6) is 23.0 Å². The maximum absolute atomic E-state index is 13.4. The molecule has 0 aliphatic carbocycles. The van der Waals surface area contributed by atoms with E-state index in [1.165, 1.54) is 45.5 Å². The van der Waals surface area contributed by atoms with Gasteiger partial charge in [0.15, 0.2) is 11.5 Å². The molecule has 1 fully saturated rings. The molecule has 1 aliphatic rings. The van der Waals surface area contributed by atoms with Crippen LogP contribution in [0.2, 0.25) is 10.0 Å². The maximum atomic E-state index is 13.4. The summed E-state index contributed by atoms with van der Waals surface area (Å²) in [5.74, 6) is -0.940. The summed E-state index contributed by atoms with van der Waals surface area (Å²) in [5, 5.41) is 12.9. The van der Waals surface area contributed by atoms with Gasteiger partial charge >= 0.3 is 5.97 Å². The number of rotatable bonds is 11. The fraction of sp³-hybridized carbons (Fsp3) is 0.200. The molecule has 0 saturated carbocycles. The highest BCUT2D eigenvalue weighted by atomic mass is 35.5. The molecule has 0 atom stereocenters. The van der Waals surface area contributed by atoms with Crippen LogP contribution in [-0.2, 0) is 9.59 Å². The lowest BCUT2D eigenvalue weighted by molar-refractivity contribution is -0.122. The third-order valence-corrected chi connectivity index (χ3v) is 8.41. The fourth-order valence-corrected chi connectivity index (χ4v) is 6.09. The Bertz CT molecular complexity index is 1670. The molecule has 0 unspecified atom stereocenters. The molecule has 0 radical (unpaired) electrons. The van der Waals surface area contributed by atoms with Crippen molar-refractivity contribution in [1.82, 2.24) is 4.90 Å². The van der Waals surface area contributed by atoms with Crippen LogP contribution in [0.25, 0.3) is 17.2 Å². The second-order valence-corrected chi connectivity index (χ2v) is 11.6. The van der Waals surface area contributed by atoms with Gasteiger partial charge in [0.05, 0.1) is 38.9 Å². The molecule has 1 saturated heterocycles. The number of amides is 2. The number of methoxy groups -OCH3 is 4. The summed E-state index contributed by atoms with van der Waals surface area (Å²) < 4.78 is 22.0. The molecule has 3 aromatic carbocycles. The van der Waals surface area contributed by atoms with E-state index in [9.17, 15) is 19.5 Å². The lowest BCUT2D eigenvalue weighted by Crippen LogP contribution is -2.31. The number of aromatic carboxylic acids is 1. The number of benzene rings is 3. The zero-order valence-corrected chi connectivity index (χ0v) is 27.0. The third kappa shape index (κ3) is 7.05. The van der Waals surface area contributed by atoms with Gasteiger partial charge < -0.3 is 29.4 Å². The number of thiocarbonyl (C=S) groups is 1. The van der Waals surface area contributed by atoms with E-state index in [1.54, 1.807) is 36.4 Å². The number of ether oxygens (including phenoxy) is 4. The molecule has 14 heteroatoms. The van der Waals surface area contributed by atoms with Gasteiger partial charge in [0.25, 0.3) is 5.91 Å². The topological polar surface area (TPSA) is 124 Å². The Kier molecular flexibility index (Phi) is 10.6. The number of anilines is 1. The van der Waals surface area contributed by atoms with Crippen LogP contribution < -0.4 is 24.3 Å². The second kappa shape index (κ2) is 14.2. The van der Waals surface area contributed by atoms with Crippen molar-refractivity contribution in [3.05, 3.63) is 68.5 Å². The molecule has 0 aromatic heterocycles. The van der Waals surface area contributed by atoms with E-state index in [4.69, 9.17) is 54.4 Å². The Morgan fingerprint density at radius 3 is 2.20 bits per heavy atom. The average molecular weight is 678 g/mol. The minimum absolute atomic E-state index is 0.000979. The van der Waals surface area contributed by atoms with E-state index in [1.807, 2.05) is 0 Å². The quantitative estimate of drug-likeness (QED) is 0.169. The van der Waals surface area contributed by atoms with Crippen LogP contribution in [0.1, 0.15) is 22.3 Å². The van der Waals surface area contributed by atoms with E-state index >= 15 is 0 Å². The molecule has 0 bridgehead atoms. The van der Waals surface area contributed by atoms with Gasteiger partial charge in [-0.3, -0.25) is 14.5 Å². The monoisotopic (exact) mass is 676 g/mol. The predicted molar refractivity (Wildman–Crippen MR) is 175 cm³/mol. The summed E-state index contributed by atoms with van der Waals surface area (Å²) in [7, 11) is 5.69. The average Bonchev–Trinajstić information content (AvgIpc) is 3.27. The number of carboxylic acid groups (broad SMARTS) is 1. The molecule has 1 aliphatic heterocycles. The van der Waals surface area contributed by atoms with Gasteiger partial charge in [0.2, 0.25) is 5.91 Å². The summed E-state index contributed by atoms with van der Waals surface area (Å²) in [4.78, 5) is 39.3. The van der Waals surface area contributed by atoms with Gasteiger partial charge in [-0.1, -0.05) is 47.2 Å². The van der Waals surface area contributed by atoms with Crippen molar-refractivity contribution in [2.75, 3.05) is 40.3 Å². The van der Waals surface area contributed by atoms with Crippen molar-refractivity contribution in [2.45, 2.75) is 6.42 Å². The fourth-order valence-electron chi connectivity index (χ4n) is 4.39. The molecule has 3 aromatic rings. The van der Waals surface area contributed by atoms with E-state index in [0.717, 1.165) is 11.8 Å². The second-order valence-electron chi connectivity index (χ2n) is 9.12. The first-order valence-electron chi connectivity index (χ1n) is 12.8. The summed E-state index contributed by atoms with van der Waals surface area (Å²) in [6.07, 6.45) is 1.56. The molecule has 230 valence electrons. The van der Waals surface area contributed by atoms with Gasteiger partial charge in [0.1, 0.15) is 21.5 Å². The lowest BCUT2D eigenvalue weighted by Gasteiger charge is -2.17. The van der Waals surface area contributed by atoms with Crippen LogP contribution in [0.4, 0.5) is 5.69 Å². The van der Waals surface area contributed by atoms with Crippen LogP contribution >= 0.6 is 47.2 Å². The predicted octanol–water partition coefficient (Wildman–Crippen LogP) is 6.62. The Morgan fingerprint density at radius 2 is 1.61 bits per heavy atom. The van der Waals surface area contributed by atoms with Crippen molar-refractivity contribution in [1.29, 1.82) is 0 Å². The highest BCUT2D eigenvalue weighted by molar-refractivity contribution is 8.26. The van der Waals surface area contributed by atoms with Gasteiger partial charge in [-0.05, 0) is 54.1 Å². The van der Waals surface area contributed by atoms with Crippen molar-refractivity contribution in [2.24, 2.45) is 0 Å². The zero-order chi connectivity index (χ0) is 32.1. The Morgan fingerprint density at radius 1 is 0.955 bits per heavy atom. The van der Waals surface area contributed by atoms with E-state index in [2.05, 4.69) is 5.32 Å². The summed E-state index contributed by atoms with van der Waals surface area (Å²) in [6, 6.07) is 11.1. The number of hydrogen-bond donors (Lipinski definition) is 2. The number of nitrogens with one attached hydrogen (secondary N) is 1. The van der Waals surface area contributed by atoms with Gasteiger partial charge in [0, 0.05) is 34.1 Å². The number of carboxylic acids is 1. The van der Waals surface area contributed by atoms with E-state index in [0.29, 0.717) is 43.1 Å². The van der Waals surface area contributed by atoms with Crippen molar-refractivity contribution >= 4 is 81.0 Å². The molecule has 0 spiro atoms. The van der Waals surface area contributed by atoms with Gasteiger partial charge in [-0.15, -0.1) is 0 Å². The van der Waals surface area contributed by atoms with Gasteiger partial charge in [-0.25, -0.2) is 4.79 Å². The first kappa shape index (κ1) is 32.9. The zero-order valence-electron chi connectivity index (χ0n) is 23.9. The first-order valence-corrected chi connectivity index (χ1v) is 14.7. The molecule has 4 rings (SSSR count). The number of carbonyl (C=O) groups excluding carboxylic acids is 2. The molecule has 10 nitrogen and oxygen atoms in total. The first-order chi connectivity index (χ1) is 21.0. The summed E-state index contributed by atoms with van der Waals surface area (Å²) in [5.41, 5.74) is 1.95. The summed E-state index contributed by atoms with van der Waals surface area (Å²) in [6.45, 7) is 0.000979. The van der Waals surface area contributed by atoms with E-state index in [-0.39, 0.29) is 45.9 Å². The Hall–Kier alpha value is -3.97. The van der Waals surface area contributed by atoms with Crippen LogP contribution in [0.15, 0.2) is 47.4 Å². The maximum Gasteiger partial charge on any atom is 0.335 e. The van der Waals surface area contributed by atoms with Crippen LogP contribution in [-0.4, -0.2) is 67.1 Å². The number of halogens is 2. The molecule has 1 heterocycles. The van der Waals surface area contributed by atoms with E-state index < -0.39 is 11.9 Å². The normalized spacial score (nSPS) is 13.7. The molecule has 2 amide bonds. The third-order valence-electron chi connectivity index (χ3n) is 6.47. The van der Waals surface area contributed by atoms with Crippen LogP contribution in [0, 0.1) is 0 Å². The lowest BCUT2D eigenvalue weighted by atomic mass is 10.0. The highest BCUT2D eigenvalue weighted by Crippen LogP contribution is 2.44. The number of thioether (sulfide) groups is 1. The Balaban J connectivity index is 1.55. The molecule has 44 heavy (non-hydrogen) atoms. The van der Waals surface area contributed by atoms with Crippen LogP contribution in [0.3, 0.4) is 0 Å². The molecular weight excluding hydrogens is 651 g/mol. The standard InChI is InChI=1S/C30H26Cl2N2O8S2/c1-39-21-12-16(29(37)38)13-22(40-2)26(21)33-25(35)7-8-34-28(36)24(44-30(34)43)11-15-9-19(27(42-4)23(10-15)41-3)18-14-17(31)5-6-20(18)32/h5-6,9-14H,7-8H2,1-4H3,(H,33,35)(H,37,38)/b24-11-. The van der Waals surface area contributed by atoms with Gasteiger partial charge in [-0.2, -0.15) is 0 Å². The van der Waals surface area contributed by atoms with Crippen molar-refractivity contribution in [3.8, 4) is 34.1 Å². The summed E-state index contributed by atoms with van der Waals surface area (Å²) >= 11 is 19.3. The minimum atomic E-state index is -1.18. The number of carbonyl (C=O) groups is 3. The van der Waals surface area contributed by atoms with Crippen molar-refractivity contribution < 1.29 is 38.4 Å². The molecular formula is C30H26Cl2N2O8S2. The largest absolute Gasteiger partial charge is 0.494 e. The Labute approximate surface area is 272 Å². The van der Waals surface area contributed by atoms with Crippen molar-refractivity contribution in [3.63, 3.8) is 0 Å². The number of nitrogens with zero attached hydrogens (tertiary/aromatic N) is 1. The number of hydrogen-bond acceptors (Lipinski definition) is 9. The smallest absolute Gasteiger partial charge is 0.335 e. The molecule has 2 N–H and O–H groups in total. The highest BCUT2D eigenvalue weighted by Gasteiger charge is 2.32. The minimum Gasteiger partial charge on any atom is -0.494 e.